The van der Waals surface area contributed by atoms with Crippen LogP contribution in [0.5, 0.6) is 5.75 Å². The van der Waals surface area contributed by atoms with E-state index in [-0.39, 0.29) is 25.3 Å². The molecule has 2 unspecified atom stereocenters. The van der Waals surface area contributed by atoms with Crippen molar-refractivity contribution in [1.82, 2.24) is 15.7 Å². The van der Waals surface area contributed by atoms with Gasteiger partial charge in [-0.3, -0.25) is 4.79 Å². The van der Waals surface area contributed by atoms with E-state index in [0.717, 1.165) is 68.8 Å². The summed E-state index contributed by atoms with van der Waals surface area (Å²) in [5.41, 5.74) is 1.33. The van der Waals surface area contributed by atoms with Gasteiger partial charge in [0.2, 0.25) is 6.29 Å². The van der Waals surface area contributed by atoms with Crippen molar-refractivity contribution in [3.05, 3.63) is 29.3 Å². The van der Waals surface area contributed by atoms with Crippen LogP contribution >= 0.6 is 0 Å². The van der Waals surface area contributed by atoms with E-state index in [2.05, 4.69) is 17.2 Å². The number of hydrazine groups is 1. The Morgan fingerprint density at radius 2 is 2.06 bits per heavy atom. The van der Waals surface area contributed by atoms with Crippen LogP contribution in [0.3, 0.4) is 0 Å². The molecular formula is C25H39N3O7. The number of carbonyl (C=O) groups is 1. The molecule has 0 aromatic heterocycles. The Balaban J connectivity index is 1.10. The van der Waals surface area contributed by atoms with Crippen LogP contribution < -0.4 is 10.1 Å². The minimum absolute atomic E-state index is 0.0120. The van der Waals surface area contributed by atoms with E-state index in [9.17, 15) is 9.90 Å². The maximum atomic E-state index is 12.2. The molecule has 0 spiro atoms. The van der Waals surface area contributed by atoms with Gasteiger partial charge < -0.3 is 20.3 Å². The molecule has 4 rings (SSSR count). The summed E-state index contributed by atoms with van der Waals surface area (Å²) in [4.78, 5) is 28.8. The molecule has 1 aromatic rings. The molecule has 3 fully saturated rings. The minimum Gasteiger partial charge on any atom is -0.494 e. The fourth-order valence-electron chi connectivity index (χ4n) is 4.95. The summed E-state index contributed by atoms with van der Waals surface area (Å²) in [6.45, 7) is 6.10. The third kappa shape index (κ3) is 7.13. The molecule has 3 aliphatic rings. The molecule has 2 atom stereocenters. The Morgan fingerprint density at radius 1 is 1.29 bits per heavy atom. The number of hydrogen-bond donors (Lipinski definition) is 3. The van der Waals surface area contributed by atoms with Gasteiger partial charge in [0.15, 0.2) is 0 Å². The first-order chi connectivity index (χ1) is 16.9. The molecule has 10 heteroatoms. The van der Waals surface area contributed by atoms with E-state index in [0.29, 0.717) is 24.0 Å². The van der Waals surface area contributed by atoms with Gasteiger partial charge >= 0.3 is 0 Å². The molecule has 2 heterocycles. The highest BCUT2D eigenvalue weighted by molar-refractivity contribution is 5.95. The van der Waals surface area contributed by atoms with Crippen LogP contribution in [0.4, 0.5) is 0 Å². The molecule has 35 heavy (non-hydrogen) atoms. The molecule has 1 aliphatic carbocycles. The number of aliphatic hydroxyl groups excluding tert-OH is 2. The first kappa shape index (κ1) is 26.3. The number of hydrogen-bond acceptors (Lipinski definition) is 9. The van der Waals surface area contributed by atoms with Crippen molar-refractivity contribution in [1.29, 1.82) is 0 Å². The third-order valence-electron chi connectivity index (χ3n) is 7.19. The fourth-order valence-corrected chi connectivity index (χ4v) is 4.95. The predicted octanol–water partition coefficient (Wildman–Crippen LogP) is 2.35. The van der Waals surface area contributed by atoms with Gasteiger partial charge in [0.25, 0.3) is 5.91 Å². The zero-order chi connectivity index (χ0) is 24.8. The summed E-state index contributed by atoms with van der Waals surface area (Å²) in [6, 6.07) is 5.37. The number of rotatable bonds is 11. The number of aliphatic hydroxyl groups is 2. The Morgan fingerprint density at radius 3 is 2.74 bits per heavy atom. The van der Waals surface area contributed by atoms with Gasteiger partial charge in [-0.05, 0) is 81.0 Å². The predicted molar refractivity (Wildman–Crippen MR) is 126 cm³/mol. The summed E-state index contributed by atoms with van der Waals surface area (Å²) in [5.74, 6) is 2.27. The second-order valence-electron chi connectivity index (χ2n) is 10.1. The number of nitrogens with zero attached hydrogens (tertiary/aromatic N) is 2. The summed E-state index contributed by atoms with van der Waals surface area (Å²) in [5, 5.41) is 24.4. The fraction of sp³-hybridized carbons (Fsp3) is 0.720. The number of nitrogens with one attached hydrogen (secondary N) is 1. The summed E-state index contributed by atoms with van der Waals surface area (Å²) >= 11 is 0. The van der Waals surface area contributed by atoms with Crippen molar-refractivity contribution < 1.29 is 34.5 Å². The molecule has 1 aromatic carbocycles. The maximum absolute atomic E-state index is 12.2. The molecule has 0 bridgehead atoms. The first-order valence-corrected chi connectivity index (χ1v) is 12.8. The average molecular weight is 494 g/mol. The Kier molecular flexibility index (Phi) is 9.34. The van der Waals surface area contributed by atoms with Gasteiger partial charge in [0, 0.05) is 36.5 Å². The van der Waals surface area contributed by atoms with E-state index in [4.69, 9.17) is 24.6 Å². The van der Waals surface area contributed by atoms with E-state index in [1.807, 2.05) is 13.0 Å². The van der Waals surface area contributed by atoms with Crippen LogP contribution in [0.25, 0.3) is 0 Å². The van der Waals surface area contributed by atoms with Gasteiger partial charge in [0.1, 0.15) is 5.75 Å². The zero-order valence-electron chi connectivity index (χ0n) is 20.7. The zero-order valence-corrected chi connectivity index (χ0v) is 20.7. The largest absolute Gasteiger partial charge is 0.494 e. The van der Waals surface area contributed by atoms with Gasteiger partial charge in [-0.1, -0.05) is 11.9 Å². The summed E-state index contributed by atoms with van der Waals surface area (Å²) < 4.78 is 5.91. The molecule has 3 N–H and O–H groups in total. The maximum Gasteiger partial charge on any atom is 0.251 e. The quantitative estimate of drug-likeness (QED) is 0.316. The summed E-state index contributed by atoms with van der Waals surface area (Å²) in [6.07, 6.45) is 5.22. The highest BCUT2D eigenvalue weighted by Crippen LogP contribution is 2.39. The van der Waals surface area contributed by atoms with E-state index >= 15 is 0 Å². The number of amides is 1. The number of carbonyl (C=O) groups excluding carboxylic acids is 1. The average Bonchev–Trinajstić information content (AvgIpc) is 3.33. The lowest BCUT2D eigenvalue weighted by Gasteiger charge is -2.35. The second kappa shape index (κ2) is 12.4. The van der Waals surface area contributed by atoms with Crippen LogP contribution in [-0.4, -0.2) is 71.7 Å². The summed E-state index contributed by atoms with van der Waals surface area (Å²) in [7, 11) is 0. The van der Waals surface area contributed by atoms with Crippen LogP contribution in [0, 0.1) is 24.7 Å². The second-order valence-corrected chi connectivity index (χ2v) is 10.1. The normalized spacial score (nSPS) is 26.9. The van der Waals surface area contributed by atoms with Crippen molar-refractivity contribution in [3.63, 3.8) is 0 Å². The van der Waals surface area contributed by atoms with Crippen LogP contribution in [-0.2, 0) is 14.7 Å². The lowest BCUT2D eigenvalue weighted by molar-refractivity contribution is -0.487. The standard InChI is InChI=1S/C25H39N3O7/c1-17-12-20(13-17)25-33-28(35-34-25)27-9-7-19(8-10-27)4-3-11-32-22-5-6-23(18(2)14-22)24(31)26-15-21(30)16-29/h5-6,14,17,19-21,25,29-30H,3-4,7-13,15-16H2,1-2H3,(H,26,31). The molecular weight excluding hydrogens is 454 g/mol. The first-order valence-electron chi connectivity index (χ1n) is 12.8. The molecule has 0 radical (unpaired) electrons. The monoisotopic (exact) mass is 493 g/mol. The molecule has 10 nitrogen and oxygen atoms in total. The van der Waals surface area contributed by atoms with E-state index in [1.54, 1.807) is 12.1 Å². The van der Waals surface area contributed by atoms with Crippen molar-refractivity contribution >= 4 is 5.91 Å². The molecule has 1 amide bonds. The van der Waals surface area contributed by atoms with Crippen LogP contribution in [0.1, 0.15) is 61.4 Å². The number of ether oxygens (including phenoxy) is 1. The Labute approximate surface area is 206 Å². The topological polar surface area (TPSA) is 113 Å². The van der Waals surface area contributed by atoms with Crippen molar-refractivity contribution in [2.75, 3.05) is 32.8 Å². The van der Waals surface area contributed by atoms with Gasteiger partial charge in [-0.25, -0.2) is 4.84 Å². The number of benzene rings is 1. The molecule has 2 saturated heterocycles. The Bertz CT molecular complexity index is 827. The number of aryl methyl sites for hydroxylation is 1. The Hall–Kier alpha value is -1.79. The third-order valence-corrected chi connectivity index (χ3v) is 7.19. The lowest BCUT2D eigenvalue weighted by Crippen LogP contribution is -2.45. The SMILES string of the molecule is Cc1cc(OCCCC2CCN(N3OOC(C4CC(C)C4)O3)CC2)ccc1C(=O)NCC(O)CO. The van der Waals surface area contributed by atoms with Crippen molar-refractivity contribution in [2.24, 2.45) is 17.8 Å². The molecule has 1 saturated carbocycles. The highest BCUT2D eigenvalue weighted by atomic mass is 17.4. The van der Waals surface area contributed by atoms with Crippen molar-refractivity contribution in [3.8, 4) is 5.75 Å². The minimum atomic E-state index is -0.960. The van der Waals surface area contributed by atoms with Crippen LogP contribution in [0.15, 0.2) is 18.2 Å². The number of piperidine rings is 1. The van der Waals surface area contributed by atoms with Gasteiger partial charge in [0.05, 0.1) is 19.3 Å². The molecule has 196 valence electrons. The van der Waals surface area contributed by atoms with Crippen LogP contribution in [0.2, 0.25) is 0 Å². The van der Waals surface area contributed by atoms with E-state index in [1.165, 1.54) is 5.34 Å². The lowest BCUT2D eigenvalue weighted by atomic mass is 9.76. The van der Waals surface area contributed by atoms with E-state index < -0.39 is 6.10 Å². The molecule has 2 aliphatic heterocycles. The van der Waals surface area contributed by atoms with Gasteiger partial charge in [-0.15, -0.1) is 0 Å². The highest BCUT2D eigenvalue weighted by Gasteiger charge is 2.42. The van der Waals surface area contributed by atoms with Gasteiger partial charge in [-0.2, -0.15) is 9.90 Å². The van der Waals surface area contributed by atoms with Crippen molar-refractivity contribution in [2.45, 2.75) is 64.8 Å². The smallest absolute Gasteiger partial charge is 0.251 e.